The molecule has 0 saturated carbocycles. The van der Waals surface area contributed by atoms with Crippen LogP contribution in [-0.4, -0.2) is 28.7 Å². The number of hydrogen-bond acceptors (Lipinski definition) is 5. The van der Waals surface area contributed by atoms with Gasteiger partial charge in [0, 0.05) is 35.7 Å². The van der Waals surface area contributed by atoms with Gasteiger partial charge in [0.2, 0.25) is 0 Å². The fourth-order valence-electron chi connectivity index (χ4n) is 4.45. The molecule has 0 aliphatic heterocycles. The zero-order valence-electron chi connectivity index (χ0n) is 18.1. The molecule has 0 spiro atoms. The molecule has 2 aromatic carbocycles. The Morgan fingerprint density at radius 3 is 2.82 bits per heavy atom. The molecule has 0 radical (unpaired) electrons. The normalized spacial score (nSPS) is 15.0. The Morgan fingerprint density at radius 1 is 1.21 bits per heavy atom. The number of anilines is 3. The number of rotatable bonds is 7. The first-order valence-electron chi connectivity index (χ1n) is 10.8. The molecule has 2 heterocycles. The number of para-hydroxylation sites is 1. The van der Waals surface area contributed by atoms with Gasteiger partial charge in [-0.1, -0.05) is 35.3 Å². The minimum Gasteiger partial charge on any atom is -0.495 e. The third kappa shape index (κ3) is 4.22. The summed E-state index contributed by atoms with van der Waals surface area (Å²) in [5.41, 5.74) is 6.37. The Balaban J connectivity index is 1.29. The van der Waals surface area contributed by atoms with Crippen LogP contribution in [0.3, 0.4) is 0 Å². The van der Waals surface area contributed by atoms with E-state index in [1.807, 2.05) is 36.5 Å². The van der Waals surface area contributed by atoms with Crippen LogP contribution in [0.2, 0.25) is 10.0 Å². The van der Waals surface area contributed by atoms with Crippen LogP contribution in [0.15, 0.2) is 48.8 Å². The first-order valence-corrected chi connectivity index (χ1v) is 11.6. The molecule has 0 fully saturated rings. The van der Waals surface area contributed by atoms with Crippen LogP contribution >= 0.6 is 23.2 Å². The van der Waals surface area contributed by atoms with Crippen molar-refractivity contribution in [2.45, 2.75) is 25.4 Å². The van der Waals surface area contributed by atoms with Gasteiger partial charge in [0.25, 0.3) is 0 Å². The van der Waals surface area contributed by atoms with E-state index in [0.29, 0.717) is 28.7 Å². The van der Waals surface area contributed by atoms with Crippen LogP contribution in [0.4, 0.5) is 17.1 Å². The molecule has 1 aliphatic rings. The molecular weight excluding hydrogens is 459 g/mol. The van der Waals surface area contributed by atoms with Crippen molar-refractivity contribution in [3.8, 4) is 5.75 Å². The van der Waals surface area contributed by atoms with Crippen molar-refractivity contribution in [2.24, 2.45) is 0 Å². The van der Waals surface area contributed by atoms with Crippen LogP contribution in [0.5, 0.6) is 5.75 Å². The monoisotopic (exact) mass is 482 g/mol. The third-order valence-corrected chi connectivity index (χ3v) is 6.67. The number of nitrogens with zero attached hydrogens (tertiary/aromatic N) is 1. The number of halogens is 2. The van der Waals surface area contributed by atoms with Gasteiger partial charge in [-0.25, -0.2) is 0 Å². The average Bonchev–Trinajstić information content (AvgIpc) is 3.40. The number of fused-ring (bicyclic) bond motifs is 2. The second-order valence-corrected chi connectivity index (χ2v) is 8.90. The number of ether oxygens (including phenoxy) is 1. The van der Waals surface area contributed by atoms with Gasteiger partial charge >= 0.3 is 0 Å². The molecule has 1 unspecified atom stereocenters. The average molecular weight is 483 g/mol. The van der Waals surface area contributed by atoms with E-state index < -0.39 is 6.10 Å². The predicted molar refractivity (Wildman–Crippen MR) is 134 cm³/mol. The second kappa shape index (κ2) is 9.14. The van der Waals surface area contributed by atoms with E-state index in [9.17, 15) is 5.11 Å². The predicted octanol–water partition coefficient (Wildman–Crippen LogP) is 6.26. The number of hydrogen-bond donors (Lipinski definition) is 4. The number of H-pyrrole nitrogens is 1. The number of nitrogens with one attached hydrogen (secondary N) is 3. The summed E-state index contributed by atoms with van der Waals surface area (Å²) in [5, 5.41) is 19.1. The fourth-order valence-corrected chi connectivity index (χ4v) is 5.07. The van der Waals surface area contributed by atoms with E-state index in [1.54, 1.807) is 13.3 Å². The fraction of sp³-hybridized carbons (Fsp3) is 0.240. The lowest BCUT2D eigenvalue weighted by atomic mass is 10.1. The topological polar surface area (TPSA) is 82.2 Å². The molecule has 1 atom stereocenters. The van der Waals surface area contributed by atoms with Gasteiger partial charge in [0.15, 0.2) is 0 Å². The molecule has 0 amide bonds. The lowest BCUT2D eigenvalue weighted by Crippen LogP contribution is -2.06. The van der Waals surface area contributed by atoms with E-state index in [0.717, 1.165) is 52.1 Å². The lowest BCUT2D eigenvalue weighted by molar-refractivity contribution is 0.176. The van der Waals surface area contributed by atoms with Crippen LogP contribution in [0.25, 0.3) is 10.9 Å². The van der Waals surface area contributed by atoms with Gasteiger partial charge < -0.3 is 25.5 Å². The largest absolute Gasteiger partial charge is 0.495 e. The van der Waals surface area contributed by atoms with Crippen molar-refractivity contribution in [3.63, 3.8) is 0 Å². The van der Waals surface area contributed by atoms with Gasteiger partial charge in [-0.05, 0) is 54.7 Å². The van der Waals surface area contributed by atoms with Crippen molar-refractivity contribution in [2.75, 3.05) is 24.3 Å². The number of aromatic amines is 1. The van der Waals surface area contributed by atoms with E-state index in [4.69, 9.17) is 27.9 Å². The highest BCUT2D eigenvalue weighted by atomic mass is 35.5. The Bertz CT molecular complexity index is 1300. The number of aromatic nitrogens is 2. The molecule has 1 aliphatic carbocycles. The summed E-state index contributed by atoms with van der Waals surface area (Å²) >= 11 is 13.1. The summed E-state index contributed by atoms with van der Waals surface area (Å²) in [5.74, 6) is 0.829. The van der Waals surface area contributed by atoms with Gasteiger partial charge in [0.1, 0.15) is 5.75 Å². The number of pyridine rings is 1. The number of benzene rings is 2. The molecule has 8 heteroatoms. The van der Waals surface area contributed by atoms with Crippen molar-refractivity contribution in [1.29, 1.82) is 0 Å². The summed E-state index contributed by atoms with van der Waals surface area (Å²) in [7, 11) is 1.67. The molecule has 0 saturated heterocycles. The van der Waals surface area contributed by atoms with E-state index in [-0.39, 0.29) is 0 Å². The molecule has 33 heavy (non-hydrogen) atoms. The Morgan fingerprint density at radius 2 is 2.03 bits per heavy atom. The van der Waals surface area contributed by atoms with Crippen molar-refractivity contribution in [3.05, 3.63) is 75.7 Å². The molecule has 170 valence electrons. The third-order valence-electron chi connectivity index (χ3n) is 6.07. The van der Waals surface area contributed by atoms with Crippen molar-refractivity contribution in [1.82, 2.24) is 9.97 Å². The first kappa shape index (κ1) is 21.9. The standard InChI is InChI=1S/C25H24Cl2N4O2/c1-33-22-4-2-3-16-14(13-30-24(16)22)7-9-29-25-18(26)11-15(12-19(25)27)31-20-8-10-28-23-17(20)5-6-21(23)32/h2-4,8,10-13,21,29-30,32H,5-7,9H2,1H3,(H,28,31). The highest BCUT2D eigenvalue weighted by Gasteiger charge is 2.24. The van der Waals surface area contributed by atoms with Gasteiger partial charge in [-0.3, -0.25) is 4.98 Å². The van der Waals surface area contributed by atoms with Gasteiger partial charge in [-0.15, -0.1) is 0 Å². The maximum atomic E-state index is 10.1. The molecule has 2 aromatic heterocycles. The molecule has 0 bridgehead atoms. The maximum Gasteiger partial charge on any atom is 0.142 e. The van der Waals surface area contributed by atoms with Crippen molar-refractivity contribution < 1.29 is 9.84 Å². The molecule has 4 aromatic rings. The summed E-state index contributed by atoms with van der Waals surface area (Å²) in [6, 6.07) is 11.6. The Kier molecular flexibility index (Phi) is 6.06. The van der Waals surface area contributed by atoms with Gasteiger partial charge in [0.05, 0.1) is 40.2 Å². The maximum absolute atomic E-state index is 10.1. The van der Waals surface area contributed by atoms with Crippen LogP contribution in [0, 0.1) is 0 Å². The second-order valence-electron chi connectivity index (χ2n) is 8.09. The SMILES string of the molecule is COc1cccc2c(CCNc3c(Cl)cc(Nc4ccnc5c4CCC5O)cc3Cl)c[nH]c12. The van der Waals surface area contributed by atoms with E-state index >= 15 is 0 Å². The Labute approximate surface area is 201 Å². The number of aliphatic hydroxyl groups is 1. The highest BCUT2D eigenvalue weighted by molar-refractivity contribution is 6.39. The lowest BCUT2D eigenvalue weighted by Gasteiger charge is -2.15. The van der Waals surface area contributed by atoms with Crippen LogP contribution in [-0.2, 0) is 12.8 Å². The molecule has 4 N–H and O–H groups in total. The first-order chi connectivity index (χ1) is 16.0. The quantitative estimate of drug-likeness (QED) is 0.250. The Hall–Kier alpha value is -2.93. The molecule has 5 rings (SSSR count). The minimum atomic E-state index is -0.501. The smallest absolute Gasteiger partial charge is 0.142 e. The summed E-state index contributed by atoms with van der Waals surface area (Å²) in [6.07, 6.45) is 5.48. The summed E-state index contributed by atoms with van der Waals surface area (Å²) in [4.78, 5) is 7.61. The van der Waals surface area contributed by atoms with E-state index in [2.05, 4.69) is 26.7 Å². The summed E-state index contributed by atoms with van der Waals surface area (Å²) in [6.45, 7) is 0.673. The highest BCUT2D eigenvalue weighted by Crippen LogP contribution is 2.38. The zero-order chi connectivity index (χ0) is 22.9. The zero-order valence-corrected chi connectivity index (χ0v) is 19.6. The molecule has 6 nitrogen and oxygen atoms in total. The van der Waals surface area contributed by atoms with Crippen LogP contribution in [0.1, 0.15) is 29.3 Å². The summed E-state index contributed by atoms with van der Waals surface area (Å²) < 4.78 is 5.43. The van der Waals surface area contributed by atoms with Crippen molar-refractivity contribution >= 4 is 51.2 Å². The van der Waals surface area contributed by atoms with Gasteiger partial charge in [-0.2, -0.15) is 0 Å². The van der Waals surface area contributed by atoms with Crippen LogP contribution < -0.4 is 15.4 Å². The van der Waals surface area contributed by atoms with E-state index in [1.165, 1.54) is 5.56 Å². The number of aliphatic hydroxyl groups excluding tert-OH is 1. The minimum absolute atomic E-state index is 0.501. The molecular formula is C25H24Cl2N4O2. The number of methoxy groups -OCH3 is 1.